The zero-order chi connectivity index (χ0) is 20.0. The van der Waals surface area contributed by atoms with Gasteiger partial charge in [-0.25, -0.2) is 8.42 Å². The Bertz CT molecular complexity index is 1020. The summed E-state index contributed by atoms with van der Waals surface area (Å²) in [6.45, 7) is 6.00. The van der Waals surface area contributed by atoms with Crippen molar-refractivity contribution in [2.24, 2.45) is 0 Å². The molecule has 0 atom stereocenters. The third-order valence-electron chi connectivity index (χ3n) is 4.64. The SMILES string of the molecule is COc1ccc(NS(=O)(=O)c2ccc3c(c2)C(C)(C)CN3C(C)=O)cc1Cl. The van der Waals surface area contributed by atoms with Crippen molar-refractivity contribution in [2.45, 2.75) is 31.1 Å². The van der Waals surface area contributed by atoms with Gasteiger partial charge >= 0.3 is 0 Å². The molecule has 0 spiro atoms. The summed E-state index contributed by atoms with van der Waals surface area (Å²) >= 11 is 6.07. The molecule has 3 rings (SSSR count). The highest BCUT2D eigenvalue weighted by Gasteiger charge is 2.37. The third kappa shape index (κ3) is 3.61. The van der Waals surface area contributed by atoms with Crippen molar-refractivity contribution in [1.82, 2.24) is 0 Å². The molecule has 8 heteroatoms. The summed E-state index contributed by atoms with van der Waals surface area (Å²) in [5.41, 5.74) is 1.58. The summed E-state index contributed by atoms with van der Waals surface area (Å²) in [6, 6.07) is 9.48. The van der Waals surface area contributed by atoms with Crippen LogP contribution in [0.1, 0.15) is 26.3 Å². The number of carbonyl (C=O) groups excluding carboxylic acids is 1. The first-order valence-electron chi connectivity index (χ1n) is 8.34. The molecule has 0 fully saturated rings. The number of fused-ring (bicyclic) bond motifs is 1. The number of methoxy groups -OCH3 is 1. The Morgan fingerprint density at radius 1 is 1.22 bits per heavy atom. The number of hydrogen-bond donors (Lipinski definition) is 1. The summed E-state index contributed by atoms with van der Waals surface area (Å²) in [6.07, 6.45) is 0. The van der Waals surface area contributed by atoms with Gasteiger partial charge in [0.05, 0.1) is 22.7 Å². The van der Waals surface area contributed by atoms with Crippen molar-refractivity contribution >= 4 is 38.9 Å². The molecule has 1 heterocycles. The number of nitrogens with one attached hydrogen (secondary N) is 1. The lowest BCUT2D eigenvalue weighted by Crippen LogP contribution is -2.31. The molecule has 0 saturated carbocycles. The van der Waals surface area contributed by atoms with Crippen molar-refractivity contribution in [2.75, 3.05) is 23.3 Å². The number of sulfonamides is 1. The number of anilines is 2. The van der Waals surface area contributed by atoms with Crippen LogP contribution in [0.4, 0.5) is 11.4 Å². The average Bonchev–Trinajstić information content (AvgIpc) is 2.86. The molecule has 0 unspecified atom stereocenters. The van der Waals surface area contributed by atoms with Crippen molar-refractivity contribution < 1.29 is 17.9 Å². The second kappa shape index (κ2) is 6.73. The molecule has 0 saturated heterocycles. The van der Waals surface area contributed by atoms with Crippen LogP contribution in [0.5, 0.6) is 5.75 Å². The topological polar surface area (TPSA) is 75.7 Å². The van der Waals surface area contributed by atoms with E-state index in [9.17, 15) is 13.2 Å². The third-order valence-corrected chi connectivity index (χ3v) is 6.31. The minimum atomic E-state index is -3.81. The summed E-state index contributed by atoms with van der Waals surface area (Å²) in [5.74, 6) is 0.395. The predicted molar refractivity (Wildman–Crippen MR) is 106 cm³/mol. The number of benzene rings is 2. The van der Waals surface area contributed by atoms with Crippen LogP contribution in [0.25, 0.3) is 0 Å². The minimum absolute atomic E-state index is 0.0663. The maximum atomic E-state index is 12.8. The van der Waals surface area contributed by atoms with E-state index >= 15 is 0 Å². The maximum Gasteiger partial charge on any atom is 0.261 e. The Hall–Kier alpha value is -2.25. The fourth-order valence-electron chi connectivity index (χ4n) is 3.25. The number of rotatable bonds is 4. The molecule has 2 aromatic rings. The van der Waals surface area contributed by atoms with Crippen molar-refractivity contribution in [3.05, 3.63) is 47.0 Å². The lowest BCUT2D eigenvalue weighted by molar-refractivity contribution is -0.116. The minimum Gasteiger partial charge on any atom is -0.495 e. The van der Waals surface area contributed by atoms with E-state index in [-0.39, 0.29) is 16.2 Å². The van der Waals surface area contributed by atoms with Gasteiger partial charge in [0.25, 0.3) is 10.0 Å². The fourth-order valence-corrected chi connectivity index (χ4v) is 4.58. The van der Waals surface area contributed by atoms with Crippen molar-refractivity contribution in [1.29, 1.82) is 0 Å². The van der Waals surface area contributed by atoms with Gasteiger partial charge in [-0.05, 0) is 42.0 Å². The second-order valence-electron chi connectivity index (χ2n) is 7.12. The van der Waals surface area contributed by atoms with Crippen LogP contribution < -0.4 is 14.4 Å². The van der Waals surface area contributed by atoms with Crippen molar-refractivity contribution in [3.8, 4) is 5.75 Å². The van der Waals surface area contributed by atoms with Crippen LogP contribution in [0, 0.1) is 0 Å². The molecule has 0 radical (unpaired) electrons. The van der Waals surface area contributed by atoms with E-state index in [0.717, 1.165) is 11.3 Å². The zero-order valence-corrected chi connectivity index (χ0v) is 17.1. The normalized spacial score (nSPS) is 15.4. The molecule has 0 aliphatic carbocycles. The van der Waals surface area contributed by atoms with Crippen LogP contribution in [0.15, 0.2) is 41.3 Å². The van der Waals surface area contributed by atoms with Gasteiger partial charge in [0.1, 0.15) is 5.75 Å². The molecule has 144 valence electrons. The highest BCUT2D eigenvalue weighted by molar-refractivity contribution is 7.92. The van der Waals surface area contributed by atoms with Gasteiger partial charge < -0.3 is 9.64 Å². The standard InChI is InChI=1S/C19H21ClN2O4S/c1-12(23)22-11-19(2,3)15-10-14(6-7-17(15)22)27(24,25)21-13-5-8-18(26-4)16(20)9-13/h5-10,21H,11H2,1-4H3. The molecule has 27 heavy (non-hydrogen) atoms. The smallest absolute Gasteiger partial charge is 0.261 e. The first-order valence-corrected chi connectivity index (χ1v) is 10.2. The molecule has 1 amide bonds. The van der Waals surface area contributed by atoms with Gasteiger partial charge in [0.15, 0.2) is 0 Å². The van der Waals surface area contributed by atoms with Crippen LogP contribution in [-0.2, 0) is 20.2 Å². The maximum absolute atomic E-state index is 12.8. The summed E-state index contributed by atoms with van der Waals surface area (Å²) in [5, 5.41) is 0.310. The monoisotopic (exact) mass is 408 g/mol. The van der Waals surface area contributed by atoms with Crippen molar-refractivity contribution in [3.63, 3.8) is 0 Å². The molecule has 1 aliphatic heterocycles. The first-order chi connectivity index (χ1) is 12.5. The van der Waals surface area contributed by atoms with E-state index in [1.165, 1.54) is 26.2 Å². The van der Waals surface area contributed by atoms with E-state index in [1.54, 1.807) is 29.2 Å². The fraction of sp³-hybridized carbons (Fsp3) is 0.316. The summed E-state index contributed by atoms with van der Waals surface area (Å²) in [7, 11) is -2.32. The van der Waals surface area contributed by atoms with E-state index in [1.807, 2.05) is 13.8 Å². The van der Waals surface area contributed by atoms with Crippen LogP contribution >= 0.6 is 11.6 Å². The highest BCUT2D eigenvalue weighted by Crippen LogP contribution is 2.41. The largest absolute Gasteiger partial charge is 0.495 e. The molecular formula is C19H21ClN2O4S. The molecule has 6 nitrogen and oxygen atoms in total. The molecule has 2 aromatic carbocycles. The van der Waals surface area contributed by atoms with Gasteiger partial charge in [-0.1, -0.05) is 25.4 Å². The Morgan fingerprint density at radius 2 is 1.93 bits per heavy atom. The van der Waals surface area contributed by atoms with Gasteiger partial charge in [-0.2, -0.15) is 0 Å². The highest BCUT2D eigenvalue weighted by atomic mass is 35.5. The van der Waals surface area contributed by atoms with Crippen LogP contribution in [0.3, 0.4) is 0 Å². The lowest BCUT2D eigenvalue weighted by atomic mass is 9.87. The predicted octanol–water partition coefficient (Wildman–Crippen LogP) is 3.79. The summed E-state index contributed by atoms with van der Waals surface area (Å²) in [4.78, 5) is 13.7. The molecule has 0 bridgehead atoms. The van der Waals surface area contributed by atoms with E-state index in [2.05, 4.69) is 4.72 Å². The average molecular weight is 409 g/mol. The molecule has 1 aliphatic rings. The van der Waals surface area contributed by atoms with Crippen LogP contribution in [-0.4, -0.2) is 28.0 Å². The van der Waals surface area contributed by atoms with Crippen LogP contribution in [0.2, 0.25) is 5.02 Å². The van der Waals surface area contributed by atoms with Gasteiger partial charge in [0.2, 0.25) is 5.91 Å². The molecular weight excluding hydrogens is 388 g/mol. The number of nitrogens with zero attached hydrogens (tertiary/aromatic N) is 1. The number of hydrogen-bond acceptors (Lipinski definition) is 4. The Kier molecular flexibility index (Phi) is 4.86. The van der Waals surface area contributed by atoms with Gasteiger partial charge in [0, 0.05) is 24.6 Å². The summed E-state index contributed by atoms with van der Waals surface area (Å²) < 4.78 is 33.3. The molecule has 0 aromatic heterocycles. The van der Waals surface area contributed by atoms with E-state index < -0.39 is 10.0 Å². The zero-order valence-electron chi connectivity index (χ0n) is 15.5. The number of halogens is 1. The quantitative estimate of drug-likeness (QED) is 0.834. The number of ether oxygens (including phenoxy) is 1. The lowest BCUT2D eigenvalue weighted by Gasteiger charge is -2.19. The first kappa shape index (κ1) is 19.5. The van der Waals surface area contributed by atoms with Gasteiger partial charge in [-0.15, -0.1) is 0 Å². The van der Waals surface area contributed by atoms with E-state index in [4.69, 9.17) is 16.3 Å². The second-order valence-corrected chi connectivity index (χ2v) is 9.21. The van der Waals surface area contributed by atoms with E-state index in [0.29, 0.717) is 23.0 Å². The number of carbonyl (C=O) groups is 1. The Balaban J connectivity index is 1.97. The number of amides is 1. The Labute approximate surface area is 164 Å². The van der Waals surface area contributed by atoms with Gasteiger partial charge in [-0.3, -0.25) is 9.52 Å². The molecule has 1 N–H and O–H groups in total. The Morgan fingerprint density at radius 3 is 2.52 bits per heavy atom.